The average molecular weight is 335 g/mol. The minimum absolute atomic E-state index is 0.0860. The SMILES string of the molecule is CCC(=O)Nc1ccc(C(=O)Cn2cnc3ccccc3c2=O)cc1. The molecule has 3 aromatic rings. The van der Waals surface area contributed by atoms with E-state index in [1.165, 1.54) is 10.9 Å². The fourth-order valence-corrected chi connectivity index (χ4v) is 2.45. The summed E-state index contributed by atoms with van der Waals surface area (Å²) < 4.78 is 1.30. The molecule has 3 rings (SSSR count). The van der Waals surface area contributed by atoms with Gasteiger partial charge in [0, 0.05) is 17.7 Å². The van der Waals surface area contributed by atoms with Crippen LogP contribution in [0, 0.1) is 0 Å². The molecule has 1 N–H and O–H groups in total. The third kappa shape index (κ3) is 3.63. The third-order valence-electron chi connectivity index (χ3n) is 3.86. The van der Waals surface area contributed by atoms with Gasteiger partial charge in [-0.3, -0.25) is 19.0 Å². The molecule has 0 atom stereocenters. The number of hydrogen-bond acceptors (Lipinski definition) is 4. The zero-order valence-electron chi connectivity index (χ0n) is 13.7. The summed E-state index contributed by atoms with van der Waals surface area (Å²) in [5.41, 5.74) is 1.46. The van der Waals surface area contributed by atoms with E-state index in [1.807, 2.05) is 6.07 Å². The molecule has 0 spiro atoms. The van der Waals surface area contributed by atoms with Crippen LogP contribution in [-0.2, 0) is 11.3 Å². The van der Waals surface area contributed by atoms with E-state index >= 15 is 0 Å². The molecule has 1 heterocycles. The van der Waals surface area contributed by atoms with Gasteiger partial charge in [0.2, 0.25) is 5.91 Å². The van der Waals surface area contributed by atoms with Crippen molar-refractivity contribution in [1.82, 2.24) is 9.55 Å². The molecule has 0 saturated heterocycles. The zero-order chi connectivity index (χ0) is 17.8. The van der Waals surface area contributed by atoms with Crippen LogP contribution in [0.15, 0.2) is 59.7 Å². The van der Waals surface area contributed by atoms with Gasteiger partial charge in [-0.25, -0.2) is 4.98 Å². The van der Waals surface area contributed by atoms with Crippen LogP contribution in [-0.4, -0.2) is 21.2 Å². The molecule has 0 fully saturated rings. The highest BCUT2D eigenvalue weighted by molar-refractivity contribution is 5.97. The third-order valence-corrected chi connectivity index (χ3v) is 3.86. The van der Waals surface area contributed by atoms with E-state index in [0.29, 0.717) is 28.6 Å². The van der Waals surface area contributed by atoms with E-state index in [1.54, 1.807) is 49.4 Å². The lowest BCUT2D eigenvalue weighted by atomic mass is 10.1. The predicted octanol–water partition coefficient (Wildman–Crippen LogP) is 2.63. The molecule has 0 saturated carbocycles. The van der Waals surface area contributed by atoms with Crippen LogP contribution in [0.3, 0.4) is 0 Å². The van der Waals surface area contributed by atoms with Crippen molar-refractivity contribution >= 4 is 28.3 Å². The van der Waals surface area contributed by atoms with Gasteiger partial charge in [0.15, 0.2) is 5.78 Å². The summed E-state index contributed by atoms with van der Waals surface area (Å²) in [5, 5.41) is 3.20. The van der Waals surface area contributed by atoms with E-state index in [2.05, 4.69) is 10.3 Å². The fraction of sp³-hybridized carbons (Fsp3) is 0.158. The molecular weight excluding hydrogens is 318 g/mol. The highest BCUT2D eigenvalue weighted by atomic mass is 16.2. The molecule has 25 heavy (non-hydrogen) atoms. The summed E-state index contributed by atoms with van der Waals surface area (Å²) in [7, 11) is 0. The Bertz CT molecular complexity index is 991. The van der Waals surface area contributed by atoms with Gasteiger partial charge in [0.1, 0.15) is 0 Å². The summed E-state index contributed by atoms with van der Waals surface area (Å²) in [6.07, 6.45) is 1.77. The second-order valence-corrected chi connectivity index (χ2v) is 5.60. The Morgan fingerprint density at radius 1 is 1.08 bits per heavy atom. The number of amides is 1. The van der Waals surface area contributed by atoms with Crippen molar-refractivity contribution in [3.05, 3.63) is 70.8 Å². The number of carbonyl (C=O) groups excluding carboxylic acids is 2. The van der Waals surface area contributed by atoms with Gasteiger partial charge in [0.05, 0.1) is 23.8 Å². The van der Waals surface area contributed by atoms with Crippen LogP contribution in [0.5, 0.6) is 0 Å². The molecule has 0 unspecified atom stereocenters. The molecule has 126 valence electrons. The summed E-state index contributed by atoms with van der Waals surface area (Å²) >= 11 is 0. The van der Waals surface area contributed by atoms with Crippen LogP contribution in [0.2, 0.25) is 0 Å². The van der Waals surface area contributed by atoms with Crippen molar-refractivity contribution in [1.29, 1.82) is 0 Å². The maximum Gasteiger partial charge on any atom is 0.261 e. The molecule has 1 aromatic heterocycles. The van der Waals surface area contributed by atoms with Gasteiger partial charge in [-0.05, 0) is 36.4 Å². The summed E-state index contributed by atoms with van der Waals surface area (Å²) in [6.45, 7) is 1.68. The number of nitrogens with one attached hydrogen (secondary N) is 1. The summed E-state index contributed by atoms with van der Waals surface area (Å²) in [6, 6.07) is 13.6. The largest absolute Gasteiger partial charge is 0.326 e. The lowest BCUT2D eigenvalue weighted by Crippen LogP contribution is -2.24. The van der Waals surface area contributed by atoms with E-state index in [0.717, 1.165) is 0 Å². The zero-order valence-corrected chi connectivity index (χ0v) is 13.7. The van der Waals surface area contributed by atoms with Crippen LogP contribution in [0.25, 0.3) is 10.9 Å². The number of Topliss-reactive ketones (excluding diaryl/α,β-unsaturated/α-hetero) is 1. The monoisotopic (exact) mass is 335 g/mol. The quantitative estimate of drug-likeness (QED) is 0.727. The number of nitrogens with zero attached hydrogens (tertiary/aromatic N) is 2. The smallest absolute Gasteiger partial charge is 0.261 e. The molecule has 2 aromatic carbocycles. The van der Waals surface area contributed by atoms with Crippen LogP contribution >= 0.6 is 0 Å². The van der Waals surface area contributed by atoms with Crippen molar-refractivity contribution in [3.8, 4) is 0 Å². The Morgan fingerprint density at radius 2 is 1.80 bits per heavy atom. The fourth-order valence-electron chi connectivity index (χ4n) is 2.45. The first-order valence-electron chi connectivity index (χ1n) is 7.96. The van der Waals surface area contributed by atoms with Crippen molar-refractivity contribution in [3.63, 3.8) is 0 Å². The normalized spacial score (nSPS) is 10.6. The Balaban J connectivity index is 1.79. The maximum atomic E-state index is 12.4. The Kier molecular flexibility index (Phi) is 4.70. The van der Waals surface area contributed by atoms with Gasteiger partial charge < -0.3 is 5.32 Å². The van der Waals surface area contributed by atoms with Crippen molar-refractivity contribution < 1.29 is 9.59 Å². The maximum absolute atomic E-state index is 12.4. The number of ketones is 1. The lowest BCUT2D eigenvalue weighted by Gasteiger charge is -2.07. The first-order valence-corrected chi connectivity index (χ1v) is 7.96. The highest BCUT2D eigenvalue weighted by Crippen LogP contribution is 2.11. The van der Waals surface area contributed by atoms with Gasteiger partial charge in [-0.1, -0.05) is 19.1 Å². The number of aromatic nitrogens is 2. The number of fused-ring (bicyclic) bond motifs is 1. The molecule has 0 aliphatic rings. The number of hydrogen-bond donors (Lipinski definition) is 1. The van der Waals surface area contributed by atoms with E-state index < -0.39 is 0 Å². The predicted molar refractivity (Wildman–Crippen MR) is 95.7 cm³/mol. The topological polar surface area (TPSA) is 81.1 Å². The van der Waals surface area contributed by atoms with Gasteiger partial charge in [-0.2, -0.15) is 0 Å². The van der Waals surface area contributed by atoms with Gasteiger partial charge in [-0.15, -0.1) is 0 Å². The number of rotatable bonds is 5. The number of para-hydroxylation sites is 1. The molecule has 0 bridgehead atoms. The molecule has 0 radical (unpaired) electrons. The van der Waals surface area contributed by atoms with E-state index in [4.69, 9.17) is 0 Å². The number of anilines is 1. The minimum Gasteiger partial charge on any atom is -0.326 e. The van der Waals surface area contributed by atoms with Gasteiger partial charge in [0.25, 0.3) is 5.56 Å². The van der Waals surface area contributed by atoms with Crippen LogP contribution in [0.4, 0.5) is 5.69 Å². The molecular formula is C19H17N3O3. The van der Waals surface area contributed by atoms with Crippen LogP contribution in [0.1, 0.15) is 23.7 Å². The second kappa shape index (κ2) is 7.09. The number of benzene rings is 2. The van der Waals surface area contributed by atoms with Gasteiger partial charge >= 0.3 is 0 Å². The van der Waals surface area contributed by atoms with Crippen molar-refractivity contribution in [2.24, 2.45) is 0 Å². The van der Waals surface area contributed by atoms with E-state index in [9.17, 15) is 14.4 Å². The average Bonchev–Trinajstić information content (AvgIpc) is 2.64. The Morgan fingerprint density at radius 3 is 2.52 bits per heavy atom. The lowest BCUT2D eigenvalue weighted by molar-refractivity contribution is -0.115. The number of carbonyl (C=O) groups is 2. The molecule has 0 aliphatic heterocycles. The Hall–Kier alpha value is -3.28. The first-order chi connectivity index (χ1) is 12.1. The van der Waals surface area contributed by atoms with Crippen molar-refractivity contribution in [2.75, 3.05) is 5.32 Å². The van der Waals surface area contributed by atoms with Crippen molar-refractivity contribution in [2.45, 2.75) is 19.9 Å². The standard InChI is InChI=1S/C19H17N3O3/c1-2-18(24)21-14-9-7-13(8-10-14)17(23)11-22-12-20-16-6-4-3-5-15(16)19(22)25/h3-10,12H,2,11H2,1H3,(H,21,24). The molecule has 1 amide bonds. The van der Waals surface area contributed by atoms with E-state index in [-0.39, 0.29) is 23.8 Å². The summed E-state index contributed by atoms with van der Waals surface area (Å²) in [4.78, 5) is 40.4. The minimum atomic E-state index is -0.245. The van der Waals surface area contributed by atoms with Crippen LogP contribution < -0.4 is 10.9 Å². The second-order valence-electron chi connectivity index (χ2n) is 5.60. The molecule has 6 heteroatoms. The Labute approximate surface area is 144 Å². The highest BCUT2D eigenvalue weighted by Gasteiger charge is 2.10. The molecule has 0 aliphatic carbocycles. The summed E-state index contributed by atoms with van der Waals surface area (Å²) in [5.74, 6) is -0.291. The first kappa shape index (κ1) is 16.6. The molecule has 6 nitrogen and oxygen atoms in total.